The molecule has 1 aliphatic rings. The average Bonchev–Trinajstić information content (AvgIpc) is 3.07. The van der Waals surface area contributed by atoms with E-state index in [1.54, 1.807) is 7.11 Å². The molecule has 1 N–H and O–H groups in total. The summed E-state index contributed by atoms with van der Waals surface area (Å²) in [6.45, 7) is 13.0. The normalized spacial score (nSPS) is 15.3. The Kier molecular flexibility index (Phi) is 7.39. The fourth-order valence-corrected chi connectivity index (χ4v) is 4.95. The van der Waals surface area contributed by atoms with Gasteiger partial charge in [-0.2, -0.15) is 0 Å². The molecular weight excluding hydrogens is 437 g/mol. The number of ether oxygens (including phenoxy) is 2. The lowest BCUT2D eigenvalue weighted by Gasteiger charge is -2.29. The fraction of sp³-hybridized carbons (Fsp3) is 0.500. The van der Waals surface area contributed by atoms with Gasteiger partial charge in [-0.05, 0) is 43.5 Å². The molecule has 4 rings (SSSR count). The van der Waals surface area contributed by atoms with Crippen LogP contribution in [0.1, 0.15) is 63.5 Å². The van der Waals surface area contributed by atoms with Crippen molar-refractivity contribution in [3.63, 3.8) is 0 Å². The second kappa shape index (κ2) is 10.2. The third-order valence-corrected chi connectivity index (χ3v) is 7.02. The highest BCUT2D eigenvalue weighted by molar-refractivity contribution is 6.33. The third-order valence-electron chi connectivity index (χ3n) is 7.02. The largest absolute Gasteiger partial charge is 0.465 e. The number of methoxy groups -OCH3 is 1. The molecule has 35 heavy (non-hydrogen) atoms. The number of hydrogen-bond acceptors (Lipinski definition) is 5. The van der Waals surface area contributed by atoms with E-state index in [1.165, 1.54) is 18.1 Å². The Morgan fingerprint density at radius 1 is 1.31 bits per heavy atom. The number of esters is 1. The van der Waals surface area contributed by atoms with E-state index >= 15 is 0 Å². The van der Waals surface area contributed by atoms with Crippen molar-refractivity contribution in [1.29, 1.82) is 0 Å². The molecule has 1 saturated heterocycles. The van der Waals surface area contributed by atoms with E-state index in [9.17, 15) is 4.79 Å². The molecule has 1 fully saturated rings. The van der Waals surface area contributed by atoms with Crippen LogP contribution in [0.5, 0.6) is 0 Å². The molecule has 1 unspecified atom stereocenters. The Morgan fingerprint density at radius 3 is 2.66 bits per heavy atom. The maximum absolute atomic E-state index is 11.6. The first-order chi connectivity index (χ1) is 16.6. The lowest BCUT2D eigenvalue weighted by molar-refractivity contribution is -0.143. The lowest BCUT2D eigenvalue weighted by Crippen LogP contribution is -2.40. The monoisotopic (exact) mass is 473 g/mol. The molecule has 1 aliphatic heterocycles. The van der Waals surface area contributed by atoms with E-state index in [2.05, 4.69) is 48.9 Å². The second-order valence-corrected chi connectivity index (χ2v) is 10.4. The van der Waals surface area contributed by atoms with Crippen LogP contribution >= 0.6 is 0 Å². The van der Waals surface area contributed by atoms with Gasteiger partial charge in [0.1, 0.15) is 7.85 Å². The number of fused-ring (bicyclic) bond motifs is 1. The minimum atomic E-state index is -0.270. The Balaban J connectivity index is 1.97. The number of nitrogens with zero attached hydrogens (tertiary/aromatic N) is 2. The predicted octanol–water partition coefficient (Wildman–Crippen LogP) is 4.04. The second-order valence-electron chi connectivity index (χ2n) is 10.4. The van der Waals surface area contributed by atoms with Gasteiger partial charge in [0.2, 0.25) is 0 Å². The van der Waals surface area contributed by atoms with Crippen molar-refractivity contribution in [2.24, 2.45) is 5.41 Å². The summed E-state index contributed by atoms with van der Waals surface area (Å²) in [5.41, 5.74) is 7.20. The van der Waals surface area contributed by atoms with E-state index in [0.717, 1.165) is 59.4 Å². The summed E-state index contributed by atoms with van der Waals surface area (Å²) in [6, 6.07) is 8.43. The Bertz CT molecular complexity index is 1230. The van der Waals surface area contributed by atoms with Gasteiger partial charge >= 0.3 is 5.97 Å². The van der Waals surface area contributed by atoms with Crippen molar-refractivity contribution in [1.82, 2.24) is 14.9 Å². The molecule has 1 atom stereocenters. The summed E-state index contributed by atoms with van der Waals surface area (Å²) in [5, 5.41) is 4.50. The van der Waals surface area contributed by atoms with Crippen molar-refractivity contribution in [2.45, 2.75) is 59.6 Å². The fourth-order valence-electron chi connectivity index (χ4n) is 4.95. The van der Waals surface area contributed by atoms with Crippen molar-refractivity contribution in [2.75, 3.05) is 26.8 Å². The standard InChI is InChI=1S/C28H36BN3O3/c1-7-32-25-9-8-21(29)11-22(25)24(12-28(4,5)16-35-18(3)33)27(32)23-10-19(20-13-30-14-20)15-31-26(23)17(2)34-6/h8-11,15,17,20,30H,7,12-14,16H2,1-6H3. The van der Waals surface area contributed by atoms with Crippen LogP contribution in [0, 0.1) is 5.41 Å². The number of aromatic nitrogens is 2. The summed E-state index contributed by atoms with van der Waals surface area (Å²) in [4.78, 5) is 16.5. The molecule has 0 aliphatic carbocycles. The molecule has 1 aromatic carbocycles. The van der Waals surface area contributed by atoms with E-state index in [1.807, 2.05) is 19.2 Å². The number of benzene rings is 1. The molecule has 3 aromatic rings. The Hall–Kier alpha value is -2.64. The van der Waals surface area contributed by atoms with Gasteiger partial charge in [-0.3, -0.25) is 9.78 Å². The van der Waals surface area contributed by atoms with Crippen molar-refractivity contribution >= 4 is 30.2 Å². The number of nitrogens with one attached hydrogen (secondary N) is 1. The number of carbonyl (C=O) groups is 1. The Morgan fingerprint density at radius 2 is 2.06 bits per heavy atom. The topological polar surface area (TPSA) is 65.4 Å². The summed E-state index contributed by atoms with van der Waals surface area (Å²) < 4.78 is 13.5. The minimum Gasteiger partial charge on any atom is -0.465 e. The number of aryl methyl sites for hydroxylation is 1. The third kappa shape index (κ3) is 5.16. The molecule has 0 saturated carbocycles. The highest BCUT2D eigenvalue weighted by atomic mass is 16.5. The molecule has 0 bridgehead atoms. The summed E-state index contributed by atoms with van der Waals surface area (Å²) >= 11 is 0. The summed E-state index contributed by atoms with van der Waals surface area (Å²) in [6.07, 6.45) is 2.56. The van der Waals surface area contributed by atoms with Crippen molar-refractivity contribution in [3.05, 3.63) is 47.3 Å². The molecule has 2 aromatic heterocycles. The van der Waals surface area contributed by atoms with Crippen LogP contribution in [0.25, 0.3) is 22.2 Å². The highest BCUT2D eigenvalue weighted by Gasteiger charge is 2.30. The van der Waals surface area contributed by atoms with Crippen LogP contribution in [-0.2, 0) is 27.2 Å². The van der Waals surface area contributed by atoms with Crippen LogP contribution in [0.3, 0.4) is 0 Å². The summed E-state index contributed by atoms with van der Waals surface area (Å²) in [5.74, 6) is 0.202. The molecule has 6 nitrogen and oxygen atoms in total. The zero-order valence-electron chi connectivity index (χ0n) is 21.8. The smallest absolute Gasteiger partial charge is 0.302 e. The number of pyridine rings is 1. The molecular formula is C28H36BN3O3. The minimum absolute atomic E-state index is 0.158. The predicted molar refractivity (Wildman–Crippen MR) is 141 cm³/mol. The van der Waals surface area contributed by atoms with Crippen LogP contribution in [-0.4, -0.2) is 50.2 Å². The van der Waals surface area contributed by atoms with Gasteiger partial charge < -0.3 is 19.4 Å². The first kappa shape index (κ1) is 25.5. The van der Waals surface area contributed by atoms with Crippen molar-refractivity contribution in [3.8, 4) is 11.3 Å². The van der Waals surface area contributed by atoms with Crippen LogP contribution in [0.15, 0.2) is 30.5 Å². The first-order valence-electron chi connectivity index (χ1n) is 12.4. The number of rotatable bonds is 9. The van der Waals surface area contributed by atoms with Crippen LogP contribution in [0.4, 0.5) is 0 Å². The van der Waals surface area contributed by atoms with Gasteiger partial charge in [-0.25, -0.2) is 0 Å². The van der Waals surface area contributed by atoms with Gasteiger partial charge in [0.15, 0.2) is 0 Å². The molecule has 0 spiro atoms. The van der Waals surface area contributed by atoms with E-state index < -0.39 is 0 Å². The lowest BCUT2D eigenvalue weighted by atomic mass is 9.83. The quantitative estimate of drug-likeness (QED) is 0.375. The van der Waals surface area contributed by atoms with Crippen LogP contribution in [0.2, 0.25) is 0 Å². The van der Waals surface area contributed by atoms with E-state index in [-0.39, 0.29) is 17.5 Å². The maximum Gasteiger partial charge on any atom is 0.302 e. The average molecular weight is 473 g/mol. The number of carbonyl (C=O) groups excluding carboxylic acids is 1. The molecule has 2 radical (unpaired) electrons. The van der Waals surface area contributed by atoms with Crippen LogP contribution < -0.4 is 10.8 Å². The van der Waals surface area contributed by atoms with Gasteiger partial charge in [0.25, 0.3) is 0 Å². The van der Waals surface area contributed by atoms with Gasteiger partial charge in [-0.1, -0.05) is 31.4 Å². The zero-order chi connectivity index (χ0) is 25.3. The first-order valence-corrected chi connectivity index (χ1v) is 12.4. The maximum atomic E-state index is 11.6. The van der Waals surface area contributed by atoms with Gasteiger partial charge in [0.05, 0.1) is 24.1 Å². The Labute approximate surface area is 209 Å². The van der Waals surface area contributed by atoms with Gasteiger partial charge in [0, 0.05) is 67.7 Å². The molecule has 184 valence electrons. The highest BCUT2D eigenvalue weighted by Crippen LogP contribution is 2.41. The SMILES string of the molecule is [B]c1ccc2c(c1)c(CC(C)(C)COC(C)=O)c(-c1cc(C3CNC3)cnc1C(C)OC)n2CC. The molecule has 0 amide bonds. The molecule has 7 heteroatoms. The van der Waals surface area contributed by atoms with Gasteiger partial charge in [-0.15, -0.1) is 0 Å². The zero-order valence-corrected chi connectivity index (χ0v) is 21.8. The van der Waals surface area contributed by atoms with Crippen molar-refractivity contribution < 1.29 is 14.3 Å². The number of hydrogen-bond donors (Lipinski definition) is 1. The van der Waals surface area contributed by atoms with E-state index in [4.69, 9.17) is 22.3 Å². The summed E-state index contributed by atoms with van der Waals surface area (Å²) in [7, 11) is 7.99. The molecule has 3 heterocycles. The van der Waals surface area contributed by atoms with E-state index in [0.29, 0.717) is 12.5 Å².